The minimum atomic E-state index is -0.650. The van der Waals surface area contributed by atoms with Gasteiger partial charge in [-0.3, -0.25) is 4.79 Å². The topological polar surface area (TPSA) is 46.5 Å². The summed E-state index contributed by atoms with van der Waals surface area (Å²) in [4.78, 5) is 12.2. The van der Waals surface area contributed by atoms with E-state index in [1.165, 1.54) is 4.88 Å². The van der Waals surface area contributed by atoms with Crippen molar-refractivity contribution in [2.45, 2.75) is 11.8 Å². The molecule has 2 aliphatic rings. The largest absolute Gasteiger partial charge is 0.481 e. The Morgan fingerprint density at radius 1 is 1.60 bits per heavy atom. The van der Waals surface area contributed by atoms with Gasteiger partial charge in [0.05, 0.1) is 24.5 Å². The minimum absolute atomic E-state index is 0.0250. The van der Waals surface area contributed by atoms with Gasteiger partial charge in [-0.05, 0) is 23.8 Å². The van der Waals surface area contributed by atoms with Crippen LogP contribution in [0.3, 0.4) is 0 Å². The van der Waals surface area contributed by atoms with Gasteiger partial charge in [-0.1, -0.05) is 6.07 Å². The Morgan fingerprint density at radius 2 is 2.40 bits per heavy atom. The number of aliphatic carboxylic acids is 1. The molecule has 1 aliphatic carbocycles. The summed E-state index contributed by atoms with van der Waals surface area (Å²) in [7, 11) is 0. The van der Waals surface area contributed by atoms with Gasteiger partial charge in [-0.15, -0.1) is 11.3 Å². The molecule has 1 aliphatic heterocycles. The van der Waals surface area contributed by atoms with Crippen LogP contribution in [0.15, 0.2) is 17.5 Å². The van der Waals surface area contributed by atoms with Gasteiger partial charge in [0.2, 0.25) is 0 Å². The minimum Gasteiger partial charge on any atom is -0.481 e. The van der Waals surface area contributed by atoms with Gasteiger partial charge < -0.3 is 9.84 Å². The van der Waals surface area contributed by atoms with E-state index in [4.69, 9.17) is 9.84 Å². The Labute approximate surface area is 91.7 Å². The fraction of sp³-hybridized carbons (Fsp3) is 0.545. The van der Waals surface area contributed by atoms with Crippen LogP contribution in [0.2, 0.25) is 0 Å². The van der Waals surface area contributed by atoms with E-state index in [2.05, 4.69) is 6.07 Å². The number of carboxylic acids is 1. The molecular weight excluding hydrogens is 212 g/mol. The third-order valence-corrected chi connectivity index (χ3v) is 4.64. The molecule has 1 aromatic rings. The summed E-state index contributed by atoms with van der Waals surface area (Å²) >= 11 is 1.71. The highest BCUT2D eigenvalue weighted by atomic mass is 32.1. The third kappa shape index (κ3) is 1.25. The van der Waals surface area contributed by atoms with Crippen molar-refractivity contribution in [1.29, 1.82) is 0 Å². The first-order valence-corrected chi connectivity index (χ1v) is 5.96. The van der Waals surface area contributed by atoms with Crippen molar-refractivity contribution < 1.29 is 14.6 Å². The van der Waals surface area contributed by atoms with Crippen molar-refractivity contribution in [1.82, 2.24) is 0 Å². The Hall–Kier alpha value is -0.870. The zero-order valence-electron chi connectivity index (χ0n) is 8.18. The molecule has 0 amide bonds. The van der Waals surface area contributed by atoms with Gasteiger partial charge in [-0.25, -0.2) is 0 Å². The number of hydrogen-bond acceptors (Lipinski definition) is 3. The summed E-state index contributed by atoms with van der Waals surface area (Å²) in [5, 5.41) is 11.0. The first-order valence-electron chi connectivity index (χ1n) is 5.08. The van der Waals surface area contributed by atoms with Crippen molar-refractivity contribution in [3.63, 3.8) is 0 Å². The van der Waals surface area contributed by atoms with Gasteiger partial charge in [-0.2, -0.15) is 0 Å². The molecule has 1 saturated heterocycles. The second kappa shape index (κ2) is 3.06. The van der Waals surface area contributed by atoms with Crippen LogP contribution in [-0.4, -0.2) is 24.3 Å². The van der Waals surface area contributed by atoms with Gasteiger partial charge in [0.15, 0.2) is 0 Å². The van der Waals surface area contributed by atoms with Gasteiger partial charge in [0.1, 0.15) is 0 Å². The second-order valence-electron chi connectivity index (χ2n) is 4.41. The lowest BCUT2D eigenvalue weighted by molar-refractivity contribution is -0.140. The van der Waals surface area contributed by atoms with Crippen LogP contribution >= 0.6 is 11.3 Å². The number of thiophene rings is 1. The fourth-order valence-electron chi connectivity index (χ4n) is 2.50. The average molecular weight is 224 g/mol. The highest BCUT2D eigenvalue weighted by molar-refractivity contribution is 7.10. The summed E-state index contributed by atoms with van der Waals surface area (Å²) in [5.74, 6) is -0.499. The molecule has 4 heteroatoms. The highest BCUT2D eigenvalue weighted by Gasteiger charge is 2.60. The van der Waals surface area contributed by atoms with Crippen LogP contribution in [0.4, 0.5) is 0 Å². The highest BCUT2D eigenvalue weighted by Crippen LogP contribution is 2.56. The molecule has 3 rings (SSSR count). The molecule has 0 bridgehead atoms. The molecule has 0 spiro atoms. The van der Waals surface area contributed by atoms with E-state index in [-0.39, 0.29) is 11.3 Å². The maximum Gasteiger partial charge on any atom is 0.306 e. The molecule has 1 aromatic heterocycles. The number of carboxylic acid groups (broad SMARTS) is 1. The van der Waals surface area contributed by atoms with E-state index < -0.39 is 5.97 Å². The van der Waals surface area contributed by atoms with Crippen LogP contribution in [-0.2, 0) is 14.9 Å². The molecule has 2 fully saturated rings. The van der Waals surface area contributed by atoms with Crippen molar-refractivity contribution in [3.8, 4) is 0 Å². The smallest absolute Gasteiger partial charge is 0.306 e. The van der Waals surface area contributed by atoms with Gasteiger partial charge >= 0.3 is 5.97 Å². The maximum atomic E-state index is 10.9. The summed E-state index contributed by atoms with van der Waals surface area (Å²) in [6.07, 6.45) is 0.816. The van der Waals surface area contributed by atoms with Crippen LogP contribution in [0, 0.1) is 11.8 Å². The average Bonchev–Trinajstić information content (AvgIpc) is 2.72. The third-order valence-electron chi connectivity index (χ3n) is 3.55. The number of rotatable bonds is 3. The lowest BCUT2D eigenvalue weighted by atomic mass is 9.78. The lowest BCUT2D eigenvalue weighted by Crippen LogP contribution is -2.48. The number of carbonyl (C=O) groups is 1. The van der Waals surface area contributed by atoms with E-state index in [0.29, 0.717) is 19.1 Å². The van der Waals surface area contributed by atoms with Crippen LogP contribution < -0.4 is 0 Å². The Balaban J connectivity index is 1.86. The van der Waals surface area contributed by atoms with Gasteiger partial charge in [0.25, 0.3) is 0 Å². The monoisotopic (exact) mass is 224 g/mol. The van der Waals surface area contributed by atoms with E-state index in [9.17, 15) is 4.79 Å². The Morgan fingerprint density at radius 3 is 2.80 bits per heavy atom. The Kier molecular flexibility index (Phi) is 1.91. The molecule has 1 N–H and O–H groups in total. The number of ether oxygens (including phenoxy) is 1. The van der Waals surface area contributed by atoms with E-state index >= 15 is 0 Å². The predicted octanol–water partition coefficient (Wildman–Crippen LogP) is 1.74. The van der Waals surface area contributed by atoms with Crippen molar-refractivity contribution in [3.05, 3.63) is 22.4 Å². The molecule has 2 atom stereocenters. The SMILES string of the molecule is O=C(O)C1CC1C1(c2cccs2)COC1. The molecule has 80 valence electrons. The van der Waals surface area contributed by atoms with E-state index in [1.807, 2.05) is 11.4 Å². The summed E-state index contributed by atoms with van der Waals surface area (Å²) in [5.41, 5.74) is 0.0250. The molecule has 1 saturated carbocycles. The molecule has 3 nitrogen and oxygen atoms in total. The van der Waals surface area contributed by atoms with Crippen LogP contribution in [0.25, 0.3) is 0 Å². The maximum absolute atomic E-state index is 10.9. The van der Waals surface area contributed by atoms with Crippen molar-refractivity contribution in [2.75, 3.05) is 13.2 Å². The normalized spacial score (nSPS) is 32.0. The molecule has 2 unspecified atom stereocenters. The molecule has 0 radical (unpaired) electrons. The van der Waals surface area contributed by atoms with Crippen LogP contribution in [0.5, 0.6) is 0 Å². The van der Waals surface area contributed by atoms with E-state index in [0.717, 1.165) is 6.42 Å². The standard InChI is InChI=1S/C11H12O3S/c12-10(13)7-4-8(7)11(5-14-6-11)9-2-1-3-15-9/h1-3,7-8H,4-6H2,(H,12,13). The van der Waals surface area contributed by atoms with Gasteiger partial charge in [0, 0.05) is 4.88 Å². The zero-order valence-corrected chi connectivity index (χ0v) is 9.00. The van der Waals surface area contributed by atoms with E-state index in [1.54, 1.807) is 11.3 Å². The first kappa shape index (κ1) is 9.36. The summed E-state index contributed by atoms with van der Waals surface area (Å²) in [6.45, 7) is 1.39. The second-order valence-corrected chi connectivity index (χ2v) is 5.36. The Bertz CT molecular complexity index is 381. The predicted molar refractivity (Wildman–Crippen MR) is 56.0 cm³/mol. The number of hydrogen-bond donors (Lipinski definition) is 1. The molecule has 15 heavy (non-hydrogen) atoms. The summed E-state index contributed by atoms with van der Waals surface area (Å²) in [6, 6.07) is 4.13. The quantitative estimate of drug-likeness (QED) is 0.850. The summed E-state index contributed by atoms with van der Waals surface area (Å²) < 4.78 is 5.31. The van der Waals surface area contributed by atoms with Crippen LogP contribution in [0.1, 0.15) is 11.3 Å². The molecule has 2 heterocycles. The fourth-order valence-corrected chi connectivity index (χ4v) is 3.47. The van der Waals surface area contributed by atoms with Crippen molar-refractivity contribution >= 4 is 17.3 Å². The van der Waals surface area contributed by atoms with Crippen molar-refractivity contribution in [2.24, 2.45) is 11.8 Å². The molecular formula is C11H12O3S. The first-order chi connectivity index (χ1) is 7.24. The molecule has 0 aromatic carbocycles. The lowest BCUT2D eigenvalue weighted by Gasteiger charge is -2.41. The zero-order chi connectivity index (χ0) is 10.5.